The van der Waals surface area contributed by atoms with Gasteiger partial charge in [-0.15, -0.1) is 0 Å². The Hall–Kier alpha value is -3.73. The number of hydrogen-bond donors (Lipinski definition) is 1. The van der Waals surface area contributed by atoms with Gasteiger partial charge in [-0.05, 0) is 60.7 Å². The molecule has 4 nitrogen and oxygen atoms in total. The molecule has 1 heterocycles. The molecule has 0 unspecified atom stereocenters. The minimum atomic E-state index is -0.472. The number of carbonyl (C=O) groups is 1. The lowest BCUT2D eigenvalue weighted by atomic mass is 10.0. The van der Waals surface area contributed by atoms with Crippen LogP contribution < -0.4 is 5.56 Å². The van der Waals surface area contributed by atoms with Crippen LogP contribution >= 0.6 is 0 Å². The highest BCUT2D eigenvalue weighted by atomic mass is 19.1. The fraction of sp³-hybridized carbons (Fsp3) is 0.154. The normalized spacial score (nSPS) is 10.9. The molecular formula is C26H23FN2O2. The van der Waals surface area contributed by atoms with Crippen LogP contribution in [0.1, 0.15) is 32.6 Å². The maximum atomic E-state index is 13.7. The molecule has 0 aliphatic rings. The molecule has 156 valence electrons. The lowest BCUT2D eigenvalue weighted by Crippen LogP contribution is -2.32. The standard InChI is InChI=1S/C26H23FN2O2/c1-17-11-18(2)24-21(12-17)13-22(25(30)28-24)16-29(15-19-7-4-3-5-8-19)26(31)20-9-6-10-23(27)14-20/h3-14H,15-16H2,1-2H3,(H,28,30). The van der Waals surface area contributed by atoms with Crippen molar-refractivity contribution in [3.05, 3.63) is 117 Å². The quantitative estimate of drug-likeness (QED) is 0.492. The van der Waals surface area contributed by atoms with Crippen LogP contribution in [0.25, 0.3) is 10.9 Å². The van der Waals surface area contributed by atoms with Gasteiger partial charge in [-0.3, -0.25) is 9.59 Å². The first kappa shape index (κ1) is 20.5. The van der Waals surface area contributed by atoms with Gasteiger partial charge < -0.3 is 9.88 Å². The van der Waals surface area contributed by atoms with Crippen molar-refractivity contribution < 1.29 is 9.18 Å². The number of hydrogen-bond acceptors (Lipinski definition) is 2. The number of nitrogens with zero attached hydrogens (tertiary/aromatic N) is 1. The first-order valence-corrected chi connectivity index (χ1v) is 10.1. The summed E-state index contributed by atoms with van der Waals surface area (Å²) in [4.78, 5) is 30.6. The van der Waals surface area contributed by atoms with Gasteiger partial charge in [0.1, 0.15) is 5.82 Å². The Balaban J connectivity index is 1.74. The molecule has 0 spiro atoms. The number of aromatic nitrogens is 1. The van der Waals surface area contributed by atoms with Gasteiger partial charge in [0, 0.05) is 17.7 Å². The predicted molar refractivity (Wildman–Crippen MR) is 120 cm³/mol. The largest absolute Gasteiger partial charge is 0.330 e. The molecule has 31 heavy (non-hydrogen) atoms. The third-order valence-corrected chi connectivity index (χ3v) is 5.31. The number of fused-ring (bicyclic) bond motifs is 1. The van der Waals surface area contributed by atoms with Crippen LogP contribution in [-0.2, 0) is 13.1 Å². The number of rotatable bonds is 5. The van der Waals surface area contributed by atoms with Crippen LogP contribution in [0.3, 0.4) is 0 Å². The van der Waals surface area contributed by atoms with Crippen LogP contribution in [0, 0.1) is 19.7 Å². The summed E-state index contributed by atoms with van der Waals surface area (Å²) in [6.07, 6.45) is 0. The van der Waals surface area contributed by atoms with Crippen molar-refractivity contribution in [2.45, 2.75) is 26.9 Å². The van der Waals surface area contributed by atoms with Crippen LogP contribution in [-0.4, -0.2) is 15.8 Å². The van der Waals surface area contributed by atoms with Crippen molar-refractivity contribution in [3.8, 4) is 0 Å². The Morgan fingerprint density at radius 3 is 2.45 bits per heavy atom. The van der Waals surface area contributed by atoms with E-state index < -0.39 is 5.82 Å². The second-order valence-corrected chi connectivity index (χ2v) is 7.83. The number of aryl methyl sites for hydroxylation is 2. The fourth-order valence-corrected chi connectivity index (χ4v) is 3.86. The fourth-order valence-electron chi connectivity index (χ4n) is 3.86. The van der Waals surface area contributed by atoms with Gasteiger partial charge in [-0.2, -0.15) is 0 Å². The maximum Gasteiger partial charge on any atom is 0.254 e. The average Bonchev–Trinajstić information content (AvgIpc) is 2.74. The Bertz CT molecular complexity index is 1310. The monoisotopic (exact) mass is 414 g/mol. The van der Waals surface area contributed by atoms with E-state index in [1.54, 1.807) is 11.0 Å². The van der Waals surface area contributed by atoms with E-state index in [2.05, 4.69) is 4.98 Å². The van der Waals surface area contributed by atoms with Gasteiger partial charge in [-0.25, -0.2) is 4.39 Å². The van der Waals surface area contributed by atoms with Crippen LogP contribution in [0.5, 0.6) is 0 Å². The van der Waals surface area contributed by atoms with Crippen LogP contribution in [0.15, 0.2) is 77.6 Å². The average molecular weight is 414 g/mol. The van der Waals surface area contributed by atoms with E-state index in [9.17, 15) is 14.0 Å². The lowest BCUT2D eigenvalue weighted by Gasteiger charge is -2.23. The second kappa shape index (κ2) is 8.56. The highest BCUT2D eigenvalue weighted by Crippen LogP contribution is 2.20. The summed E-state index contributed by atoms with van der Waals surface area (Å²) in [7, 11) is 0. The summed E-state index contributed by atoms with van der Waals surface area (Å²) < 4.78 is 13.7. The molecule has 0 bridgehead atoms. The first-order chi connectivity index (χ1) is 14.9. The van der Waals surface area contributed by atoms with E-state index in [0.717, 1.165) is 27.6 Å². The van der Waals surface area contributed by atoms with E-state index >= 15 is 0 Å². The van der Waals surface area contributed by atoms with Crippen molar-refractivity contribution in [1.82, 2.24) is 9.88 Å². The molecule has 0 aliphatic heterocycles. The van der Waals surface area contributed by atoms with Crippen molar-refractivity contribution in [3.63, 3.8) is 0 Å². The summed E-state index contributed by atoms with van der Waals surface area (Å²) in [5, 5.41) is 0.921. The molecule has 3 aromatic carbocycles. The number of nitrogens with one attached hydrogen (secondary N) is 1. The molecule has 0 aliphatic carbocycles. The summed E-state index contributed by atoms with van der Waals surface area (Å²) in [6, 6.07) is 21.0. The van der Waals surface area contributed by atoms with Crippen LogP contribution in [0.2, 0.25) is 0 Å². The number of carbonyl (C=O) groups excluding carboxylic acids is 1. The van der Waals surface area contributed by atoms with Gasteiger partial charge >= 0.3 is 0 Å². The molecule has 0 fully saturated rings. The number of benzene rings is 3. The van der Waals surface area contributed by atoms with Gasteiger partial charge in [-0.1, -0.05) is 48.0 Å². The molecule has 4 rings (SSSR count). The molecule has 5 heteroatoms. The molecule has 1 N–H and O–H groups in total. The summed E-state index contributed by atoms with van der Waals surface area (Å²) >= 11 is 0. The van der Waals surface area contributed by atoms with E-state index in [4.69, 9.17) is 0 Å². The third kappa shape index (κ3) is 4.56. The molecular weight excluding hydrogens is 391 g/mol. The molecule has 4 aromatic rings. The van der Waals surface area contributed by atoms with E-state index in [1.807, 2.05) is 62.4 Å². The van der Waals surface area contributed by atoms with Crippen molar-refractivity contribution in [1.29, 1.82) is 0 Å². The van der Waals surface area contributed by atoms with Crippen molar-refractivity contribution in [2.24, 2.45) is 0 Å². The van der Waals surface area contributed by atoms with Crippen molar-refractivity contribution >= 4 is 16.8 Å². The maximum absolute atomic E-state index is 13.7. The number of halogens is 1. The topological polar surface area (TPSA) is 53.2 Å². The zero-order valence-corrected chi connectivity index (χ0v) is 17.5. The zero-order chi connectivity index (χ0) is 22.0. The highest BCUT2D eigenvalue weighted by Gasteiger charge is 2.19. The Labute approximate surface area is 180 Å². The number of H-pyrrole nitrogens is 1. The van der Waals surface area contributed by atoms with Gasteiger partial charge in [0.15, 0.2) is 0 Å². The minimum absolute atomic E-state index is 0.114. The molecule has 1 aromatic heterocycles. The zero-order valence-electron chi connectivity index (χ0n) is 17.5. The predicted octanol–water partition coefficient (Wildman–Crippen LogP) is 5.13. The molecule has 0 saturated heterocycles. The first-order valence-electron chi connectivity index (χ1n) is 10.1. The molecule has 1 amide bonds. The van der Waals surface area contributed by atoms with Gasteiger partial charge in [0.05, 0.1) is 12.1 Å². The smallest absolute Gasteiger partial charge is 0.254 e. The second-order valence-electron chi connectivity index (χ2n) is 7.83. The Kier molecular flexibility index (Phi) is 5.67. The van der Waals surface area contributed by atoms with Crippen molar-refractivity contribution in [2.75, 3.05) is 0 Å². The molecule has 0 radical (unpaired) electrons. The third-order valence-electron chi connectivity index (χ3n) is 5.31. The molecule has 0 saturated carbocycles. The van der Waals surface area contributed by atoms with Crippen LogP contribution in [0.4, 0.5) is 4.39 Å². The Morgan fingerprint density at radius 1 is 0.935 bits per heavy atom. The van der Waals surface area contributed by atoms with E-state index in [1.165, 1.54) is 18.2 Å². The summed E-state index contributed by atoms with van der Waals surface area (Å²) in [5.74, 6) is -0.803. The Morgan fingerprint density at radius 2 is 1.71 bits per heavy atom. The van der Waals surface area contributed by atoms with E-state index in [-0.39, 0.29) is 23.6 Å². The molecule has 0 atom stereocenters. The van der Waals surface area contributed by atoms with E-state index in [0.29, 0.717) is 12.1 Å². The SMILES string of the molecule is Cc1cc(C)c2[nH]c(=O)c(CN(Cc3ccccc3)C(=O)c3cccc(F)c3)cc2c1. The minimum Gasteiger partial charge on any atom is -0.330 e. The number of pyridine rings is 1. The lowest BCUT2D eigenvalue weighted by molar-refractivity contribution is 0.0729. The number of amides is 1. The summed E-state index contributed by atoms with van der Waals surface area (Å²) in [6.45, 7) is 4.38. The van der Waals surface area contributed by atoms with Gasteiger partial charge in [0.25, 0.3) is 11.5 Å². The van der Waals surface area contributed by atoms with Gasteiger partial charge in [0.2, 0.25) is 0 Å². The number of aromatic amines is 1. The highest BCUT2D eigenvalue weighted by molar-refractivity contribution is 5.94. The summed E-state index contributed by atoms with van der Waals surface area (Å²) in [5.41, 5.74) is 4.32.